The molecule has 20 heavy (non-hydrogen) atoms. The first kappa shape index (κ1) is 15.0. The maximum atomic E-state index is 11.9. The molecule has 108 valence electrons. The van der Waals surface area contributed by atoms with Crippen molar-refractivity contribution in [1.29, 1.82) is 0 Å². The summed E-state index contributed by atoms with van der Waals surface area (Å²) >= 11 is 6.09. The van der Waals surface area contributed by atoms with Crippen LogP contribution in [0.2, 0.25) is 5.02 Å². The lowest BCUT2D eigenvalue weighted by atomic mass is 10.1. The Balaban J connectivity index is 1.99. The molecule has 0 spiro atoms. The normalized spacial score (nSPS) is 14.3. The average molecular weight is 296 g/mol. The van der Waals surface area contributed by atoms with Crippen LogP contribution in [0.15, 0.2) is 18.2 Å². The van der Waals surface area contributed by atoms with E-state index in [1.165, 1.54) is 4.90 Å². The zero-order valence-corrected chi connectivity index (χ0v) is 12.4. The van der Waals surface area contributed by atoms with E-state index in [-0.39, 0.29) is 0 Å². The summed E-state index contributed by atoms with van der Waals surface area (Å²) in [7, 11) is 0. The molecule has 0 aromatic heterocycles. The van der Waals surface area contributed by atoms with Gasteiger partial charge in [0.2, 0.25) is 0 Å². The number of halogens is 1. The average Bonchev–Trinajstić information content (AvgIpc) is 2.64. The van der Waals surface area contributed by atoms with Crippen molar-refractivity contribution in [3.63, 3.8) is 0 Å². The van der Waals surface area contributed by atoms with E-state index in [1.807, 2.05) is 0 Å². The van der Waals surface area contributed by atoms with Crippen molar-refractivity contribution in [3.8, 4) is 0 Å². The number of hydrogen-bond donors (Lipinski definition) is 0. The fourth-order valence-electron chi connectivity index (χ4n) is 2.10. The van der Waals surface area contributed by atoms with E-state index >= 15 is 0 Å². The Hall–Kier alpha value is -1.39. The number of amides is 1. The first-order valence-electron chi connectivity index (χ1n) is 6.74. The van der Waals surface area contributed by atoms with Crippen molar-refractivity contribution in [2.24, 2.45) is 5.92 Å². The molecule has 0 N–H and O–H groups in total. The second kappa shape index (κ2) is 6.37. The van der Waals surface area contributed by atoms with Crippen LogP contribution in [-0.2, 0) is 9.53 Å². The molecule has 0 unspecified atom stereocenters. The number of rotatable bonds is 6. The van der Waals surface area contributed by atoms with E-state index in [4.69, 9.17) is 16.3 Å². The molecule has 0 saturated carbocycles. The van der Waals surface area contributed by atoms with Crippen LogP contribution >= 0.6 is 11.6 Å². The molecule has 0 fully saturated rings. The van der Waals surface area contributed by atoms with Crippen molar-refractivity contribution < 1.29 is 14.3 Å². The Morgan fingerprint density at radius 3 is 2.70 bits per heavy atom. The molecule has 0 bridgehead atoms. The minimum Gasteiger partial charge on any atom is -0.380 e. The van der Waals surface area contributed by atoms with E-state index in [9.17, 15) is 9.59 Å². The zero-order valence-electron chi connectivity index (χ0n) is 11.7. The van der Waals surface area contributed by atoms with Gasteiger partial charge in [-0.2, -0.15) is 0 Å². The van der Waals surface area contributed by atoms with Crippen molar-refractivity contribution in [3.05, 3.63) is 28.8 Å². The molecule has 5 heteroatoms. The van der Waals surface area contributed by atoms with Gasteiger partial charge in [0.05, 0.1) is 22.9 Å². The number of Topliss-reactive ketones (excluding diaryl/α,β-unsaturated/α-hetero) is 1. The summed E-state index contributed by atoms with van der Waals surface area (Å²) in [5.74, 6) is -0.439. The summed E-state index contributed by atoms with van der Waals surface area (Å²) in [6.45, 7) is 5.66. The number of ketones is 1. The standard InChI is InChI=1S/C15H18ClNO3/c1-10(2)6-8-20-9-7-17-13-11(14(18)15(17)19)4-3-5-12(13)16/h3-5,10H,6-9H2,1-2H3. The second-order valence-electron chi connectivity index (χ2n) is 5.22. The van der Waals surface area contributed by atoms with Crippen LogP contribution in [0.4, 0.5) is 5.69 Å². The number of fused-ring (bicyclic) bond motifs is 1. The summed E-state index contributed by atoms with van der Waals surface area (Å²) in [4.78, 5) is 25.2. The topological polar surface area (TPSA) is 46.6 Å². The smallest absolute Gasteiger partial charge is 0.299 e. The Morgan fingerprint density at radius 1 is 1.25 bits per heavy atom. The Labute approximate surface area is 123 Å². The third-order valence-corrected chi connectivity index (χ3v) is 3.54. The van der Waals surface area contributed by atoms with Gasteiger partial charge in [-0.3, -0.25) is 9.59 Å². The highest BCUT2D eigenvalue weighted by atomic mass is 35.5. The number of carbonyl (C=O) groups excluding carboxylic acids is 2. The SMILES string of the molecule is CC(C)CCOCCN1C(=O)C(=O)c2cccc(Cl)c21. The number of hydrogen-bond acceptors (Lipinski definition) is 3. The van der Waals surface area contributed by atoms with Crippen LogP contribution in [0.25, 0.3) is 0 Å². The fraction of sp³-hybridized carbons (Fsp3) is 0.467. The molecule has 0 radical (unpaired) electrons. The molecule has 1 aromatic carbocycles. The van der Waals surface area contributed by atoms with Crippen LogP contribution < -0.4 is 4.90 Å². The molecule has 1 aromatic rings. The number of carbonyl (C=O) groups is 2. The van der Waals surface area contributed by atoms with Crippen LogP contribution in [0.5, 0.6) is 0 Å². The Morgan fingerprint density at radius 2 is 2.00 bits per heavy atom. The highest BCUT2D eigenvalue weighted by molar-refractivity contribution is 6.54. The molecule has 0 atom stereocenters. The molecular formula is C15H18ClNO3. The molecule has 4 nitrogen and oxygen atoms in total. The van der Waals surface area contributed by atoms with Gasteiger partial charge >= 0.3 is 0 Å². The number of nitrogens with zero attached hydrogens (tertiary/aromatic N) is 1. The number of anilines is 1. The maximum Gasteiger partial charge on any atom is 0.299 e. The molecular weight excluding hydrogens is 278 g/mol. The number of ether oxygens (including phenoxy) is 1. The predicted molar refractivity (Wildman–Crippen MR) is 78.4 cm³/mol. The van der Waals surface area contributed by atoms with Crippen LogP contribution in [0.3, 0.4) is 0 Å². The number of benzene rings is 1. The quantitative estimate of drug-likeness (QED) is 0.599. The number of para-hydroxylation sites is 1. The van der Waals surface area contributed by atoms with E-state index in [1.54, 1.807) is 18.2 Å². The van der Waals surface area contributed by atoms with Crippen molar-refractivity contribution in [2.45, 2.75) is 20.3 Å². The molecule has 2 rings (SSSR count). The van der Waals surface area contributed by atoms with Gasteiger partial charge in [-0.15, -0.1) is 0 Å². The summed E-state index contributed by atoms with van der Waals surface area (Å²) in [6.07, 6.45) is 0.976. The van der Waals surface area contributed by atoms with Gasteiger partial charge in [-0.1, -0.05) is 31.5 Å². The summed E-state index contributed by atoms with van der Waals surface area (Å²) in [5.41, 5.74) is 0.890. The monoisotopic (exact) mass is 295 g/mol. The molecule has 0 saturated heterocycles. The minimum atomic E-state index is -0.527. The maximum absolute atomic E-state index is 11.9. The first-order valence-corrected chi connectivity index (χ1v) is 7.12. The van der Waals surface area contributed by atoms with Gasteiger partial charge in [0.1, 0.15) is 0 Å². The second-order valence-corrected chi connectivity index (χ2v) is 5.62. The fourth-order valence-corrected chi connectivity index (χ4v) is 2.38. The highest BCUT2D eigenvalue weighted by Crippen LogP contribution is 2.35. The van der Waals surface area contributed by atoms with Gasteiger partial charge in [-0.05, 0) is 24.5 Å². The van der Waals surface area contributed by atoms with E-state index < -0.39 is 11.7 Å². The molecule has 1 aliphatic heterocycles. The molecule has 1 heterocycles. The van der Waals surface area contributed by atoms with Gasteiger partial charge in [0.25, 0.3) is 11.7 Å². The summed E-state index contributed by atoms with van der Waals surface area (Å²) in [5, 5.41) is 0.420. The van der Waals surface area contributed by atoms with E-state index in [0.29, 0.717) is 41.9 Å². The van der Waals surface area contributed by atoms with Crippen LogP contribution in [0.1, 0.15) is 30.6 Å². The zero-order chi connectivity index (χ0) is 14.7. The summed E-state index contributed by atoms with van der Waals surface area (Å²) < 4.78 is 5.50. The van der Waals surface area contributed by atoms with Crippen molar-refractivity contribution in [1.82, 2.24) is 0 Å². The largest absolute Gasteiger partial charge is 0.380 e. The van der Waals surface area contributed by atoms with Crippen LogP contribution in [-0.4, -0.2) is 31.4 Å². The first-order chi connectivity index (χ1) is 9.52. The van der Waals surface area contributed by atoms with Gasteiger partial charge in [0.15, 0.2) is 0 Å². The molecule has 1 aliphatic rings. The lowest BCUT2D eigenvalue weighted by Crippen LogP contribution is -2.33. The van der Waals surface area contributed by atoms with E-state index in [2.05, 4.69) is 13.8 Å². The molecule has 0 aliphatic carbocycles. The Bertz CT molecular complexity index is 528. The third kappa shape index (κ3) is 3.02. The van der Waals surface area contributed by atoms with E-state index in [0.717, 1.165) is 6.42 Å². The third-order valence-electron chi connectivity index (χ3n) is 3.24. The highest BCUT2D eigenvalue weighted by Gasteiger charge is 2.36. The lowest BCUT2D eigenvalue weighted by molar-refractivity contribution is -0.114. The van der Waals surface area contributed by atoms with Crippen LogP contribution in [0, 0.1) is 5.92 Å². The van der Waals surface area contributed by atoms with Gasteiger partial charge < -0.3 is 9.64 Å². The van der Waals surface area contributed by atoms with Crippen molar-refractivity contribution in [2.75, 3.05) is 24.7 Å². The summed E-state index contributed by atoms with van der Waals surface area (Å²) in [6, 6.07) is 4.98. The van der Waals surface area contributed by atoms with Gasteiger partial charge in [0, 0.05) is 13.2 Å². The predicted octanol–water partition coefficient (Wildman–Crippen LogP) is 2.93. The molecule has 1 amide bonds. The van der Waals surface area contributed by atoms with Crippen molar-refractivity contribution >= 4 is 29.0 Å². The lowest BCUT2D eigenvalue weighted by Gasteiger charge is -2.17. The minimum absolute atomic E-state index is 0.347. The van der Waals surface area contributed by atoms with Gasteiger partial charge in [-0.25, -0.2) is 0 Å². The Kier molecular flexibility index (Phi) is 4.78.